The van der Waals surface area contributed by atoms with Crippen LogP contribution in [0.1, 0.15) is 50.8 Å². The van der Waals surface area contributed by atoms with Gasteiger partial charge in [0.05, 0.1) is 19.1 Å². The van der Waals surface area contributed by atoms with Crippen LogP contribution in [0, 0.1) is 5.92 Å². The topological polar surface area (TPSA) is 61.4 Å². The van der Waals surface area contributed by atoms with Gasteiger partial charge in [-0.15, -0.1) is 0 Å². The van der Waals surface area contributed by atoms with Gasteiger partial charge in [-0.25, -0.2) is 0 Å². The summed E-state index contributed by atoms with van der Waals surface area (Å²) < 4.78 is 0. The number of benzene rings is 1. The van der Waals surface area contributed by atoms with E-state index in [0.29, 0.717) is 31.5 Å². The van der Waals surface area contributed by atoms with Gasteiger partial charge in [0, 0.05) is 13.1 Å². The highest BCUT2D eigenvalue weighted by molar-refractivity contribution is 5.82. The first-order valence-electron chi connectivity index (χ1n) is 8.75. The number of nitrogens with one attached hydrogen (secondary N) is 2. The molecule has 1 aliphatic rings. The molecule has 1 aromatic carbocycles. The molecule has 5 heteroatoms. The zero-order valence-corrected chi connectivity index (χ0v) is 15.1. The van der Waals surface area contributed by atoms with Gasteiger partial charge in [-0.2, -0.15) is 0 Å². The molecule has 1 saturated heterocycles. The summed E-state index contributed by atoms with van der Waals surface area (Å²) in [6.45, 7) is 10.4. The molecule has 132 valence electrons. The van der Waals surface area contributed by atoms with E-state index in [1.54, 1.807) is 0 Å². The Morgan fingerprint density at radius 3 is 2.33 bits per heavy atom. The van der Waals surface area contributed by atoms with Crippen molar-refractivity contribution in [2.24, 2.45) is 5.92 Å². The Morgan fingerprint density at radius 2 is 1.79 bits per heavy atom. The van der Waals surface area contributed by atoms with Crippen molar-refractivity contribution in [2.45, 2.75) is 39.7 Å². The van der Waals surface area contributed by atoms with Crippen LogP contribution < -0.4 is 10.6 Å². The fourth-order valence-corrected chi connectivity index (χ4v) is 2.97. The summed E-state index contributed by atoms with van der Waals surface area (Å²) in [5.74, 6) is 0.745. The second-order valence-electron chi connectivity index (χ2n) is 7.17. The Bertz CT molecular complexity index is 566. The lowest BCUT2D eigenvalue weighted by Crippen LogP contribution is -2.51. The third-order valence-electron chi connectivity index (χ3n) is 4.43. The van der Waals surface area contributed by atoms with Crippen molar-refractivity contribution in [3.05, 3.63) is 35.4 Å². The molecule has 0 bridgehead atoms. The third-order valence-corrected chi connectivity index (χ3v) is 4.43. The van der Waals surface area contributed by atoms with Crippen molar-refractivity contribution < 1.29 is 9.59 Å². The van der Waals surface area contributed by atoms with Crippen LogP contribution in [0.2, 0.25) is 0 Å². The van der Waals surface area contributed by atoms with E-state index in [4.69, 9.17) is 0 Å². The zero-order valence-electron chi connectivity index (χ0n) is 15.1. The molecule has 2 rings (SSSR count). The van der Waals surface area contributed by atoms with Crippen LogP contribution in [-0.2, 0) is 9.59 Å². The number of carbonyl (C=O) groups is 2. The van der Waals surface area contributed by atoms with Crippen molar-refractivity contribution in [3.8, 4) is 0 Å². The second kappa shape index (κ2) is 8.29. The average Bonchev–Trinajstić information content (AvgIpc) is 2.52. The van der Waals surface area contributed by atoms with Crippen molar-refractivity contribution in [1.82, 2.24) is 15.5 Å². The highest BCUT2D eigenvalue weighted by Gasteiger charge is 2.22. The normalized spacial score (nSPS) is 17.0. The minimum absolute atomic E-state index is 0.0151. The van der Waals surface area contributed by atoms with Crippen molar-refractivity contribution in [1.29, 1.82) is 0 Å². The van der Waals surface area contributed by atoms with Gasteiger partial charge >= 0.3 is 0 Å². The summed E-state index contributed by atoms with van der Waals surface area (Å²) in [5, 5.41) is 5.90. The van der Waals surface area contributed by atoms with Crippen LogP contribution in [0.25, 0.3) is 0 Å². The molecule has 1 atom stereocenters. The lowest BCUT2D eigenvalue weighted by atomic mass is 9.93. The van der Waals surface area contributed by atoms with E-state index in [-0.39, 0.29) is 24.4 Å². The molecule has 1 aliphatic heterocycles. The number of carbonyl (C=O) groups excluding carboxylic acids is 2. The molecule has 0 saturated carbocycles. The Morgan fingerprint density at radius 1 is 1.17 bits per heavy atom. The fourth-order valence-electron chi connectivity index (χ4n) is 2.97. The maximum absolute atomic E-state index is 12.4. The van der Waals surface area contributed by atoms with E-state index in [1.807, 2.05) is 4.90 Å². The molecule has 1 aromatic rings. The number of amides is 2. The zero-order chi connectivity index (χ0) is 17.7. The molecule has 0 aliphatic carbocycles. The number of nitrogens with zero attached hydrogens (tertiary/aromatic N) is 1. The number of rotatable bonds is 6. The van der Waals surface area contributed by atoms with Crippen molar-refractivity contribution in [2.75, 3.05) is 26.2 Å². The van der Waals surface area contributed by atoms with E-state index in [2.05, 4.69) is 62.6 Å². The molecule has 0 unspecified atom stereocenters. The average molecular weight is 331 g/mol. The molecule has 1 fully saturated rings. The minimum Gasteiger partial charge on any atom is -0.354 e. The summed E-state index contributed by atoms with van der Waals surface area (Å²) in [4.78, 5) is 25.7. The predicted molar refractivity (Wildman–Crippen MR) is 95.7 cm³/mol. The first-order valence-corrected chi connectivity index (χ1v) is 8.75. The molecule has 5 nitrogen and oxygen atoms in total. The van der Waals surface area contributed by atoms with Crippen molar-refractivity contribution >= 4 is 11.8 Å². The summed E-state index contributed by atoms with van der Waals surface area (Å²) >= 11 is 0. The van der Waals surface area contributed by atoms with Gasteiger partial charge in [0.1, 0.15) is 0 Å². The van der Waals surface area contributed by atoms with E-state index in [9.17, 15) is 9.59 Å². The Kier molecular flexibility index (Phi) is 6.37. The van der Waals surface area contributed by atoms with Gasteiger partial charge in [-0.1, -0.05) is 52.0 Å². The Hall–Kier alpha value is -1.88. The molecule has 24 heavy (non-hydrogen) atoms. The van der Waals surface area contributed by atoms with Gasteiger partial charge in [-0.05, 0) is 23.0 Å². The highest BCUT2D eigenvalue weighted by Crippen LogP contribution is 2.24. The molecular formula is C19H29N3O2. The maximum atomic E-state index is 12.4. The number of hydrogen-bond donors (Lipinski definition) is 2. The predicted octanol–water partition coefficient (Wildman–Crippen LogP) is 2.06. The number of piperazine rings is 1. The molecule has 0 aromatic heterocycles. The van der Waals surface area contributed by atoms with Gasteiger partial charge in [0.25, 0.3) is 0 Å². The minimum atomic E-state index is -0.0312. The lowest BCUT2D eigenvalue weighted by molar-refractivity contribution is -0.127. The maximum Gasteiger partial charge on any atom is 0.234 e. The Labute approximate surface area is 144 Å². The lowest BCUT2D eigenvalue weighted by Gasteiger charge is -2.28. The highest BCUT2D eigenvalue weighted by atomic mass is 16.2. The van der Waals surface area contributed by atoms with Gasteiger partial charge < -0.3 is 10.6 Å². The summed E-state index contributed by atoms with van der Waals surface area (Å²) in [5.41, 5.74) is 2.42. The van der Waals surface area contributed by atoms with Crippen LogP contribution in [-0.4, -0.2) is 42.9 Å². The third kappa shape index (κ3) is 5.06. The fraction of sp³-hybridized carbons (Fsp3) is 0.579. The standard InChI is InChI=1S/C19H29N3O2/c1-13(2)15-5-7-16(8-6-15)19(14(3)4)21-18(24)12-22-10-9-20-17(23)11-22/h5-8,13-14,19H,9-12H2,1-4H3,(H,20,23)(H,21,24)/t19-/m0/s1. The molecule has 2 amide bonds. The van der Waals surface area contributed by atoms with E-state index in [1.165, 1.54) is 5.56 Å². The first kappa shape index (κ1) is 18.5. The largest absolute Gasteiger partial charge is 0.354 e. The van der Waals surface area contributed by atoms with Gasteiger partial charge in [-0.3, -0.25) is 14.5 Å². The van der Waals surface area contributed by atoms with Gasteiger partial charge in [0.15, 0.2) is 0 Å². The number of hydrogen-bond acceptors (Lipinski definition) is 3. The van der Waals surface area contributed by atoms with Crippen LogP contribution in [0.3, 0.4) is 0 Å². The van der Waals surface area contributed by atoms with Crippen LogP contribution in [0.15, 0.2) is 24.3 Å². The van der Waals surface area contributed by atoms with E-state index < -0.39 is 0 Å². The Balaban J connectivity index is 1.99. The summed E-state index contributed by atoms with van der Waals surface area (Å²) in [7, 11) is 0. The molecule has 2 N–H and O–H groups in total. The van der Waals surface area contributed by atoms with Crippen LogP contribution in [0.4, 0.5) is 0 Å². The van der Waals surface area contributed by atoms with Crippen molar-refractivity contribution in [3.63, 3.8) is 0 Å². The summed E-state index contributed by atoms with van der Waals surface area (Å²) in [6.07, 6.45) is 0. The SMILES string of the molecule is CC(C)c1ccc([C@@H](NC(=O)CN2CCNC(=O)C2)C(C)C)cc1. The van der Waals surface area contributed by atoms with Gasteiger partial charge in [0.2, 0.25) is 11.8 Å². The molecular weight excluding hydrogens is 302 g/mol. The second-order valence-corrected chi connectivity index (χ2v) is 7.17. The molecule has 0 spiro atoms. The smallest absolute Gasteiger partial charge is 0.234 e. The first-order chi connectivity index (χ1) is 11.4. The van der Waals surface area contributed by atoms with Crippen LogP contribution in [0.5, 0.6) is 0 Å². The van der Waals surface area contributed by atoms with Crippen LogP contribution >= 0.6 is 0 Å². The summed E-state index contributed by atoms with van der Waals surface area (Å²) in [6, 6.07) is 8.47. The van der Waals surface area contributed by atoms with E-state index >= 15 is 0 Å². The van der Waals surface area contributed by atoms with E-state index in [0.717, 1.165) is 5.56 Å². The molecule has 1 heterocycles. The molecule has 0 radical (unpaired) electrons. The quantitative estimate of drug-likeness (QED) is 0.839. The monoisotopic (exact) mass is 331 g/mol.